The quantitative estimate of drug-likeness (QED) is 0.624. The Morgan fingerprint density at radius 1 is 1.21 bits per heavy atom. The van der Waals surface area contributed by atoms with Gasteiger partial charge in [0, 0.05) is 4.88 Å². The summed E-state index contributed by atoms with van der Waals surface area (Å²) in [4.78, 5) is 32.0. The number of carbonyl (C=O) groups excluding carboxylic acids is 1. The molecule has 1 aromatic carbocycles. The number of benzene rings is 1. The van der Waals surface area contributed by atoms with Crippen molar-refractivity contribution in [1.82, 2.24) is 4.57 Å². The van der Waals surface area contributed by atoms with Crippen molar-refractivity contribution in [3.05, 3.63) is 88.7 Å². The number of ether oxygens (including phenoxy) is 1. The first-order valence-electron chi connectivity index (χ1n) is 8.71. The Kier molecular flexibility index (Phi) is 4.87. The number of thiazole rings is 1. The molecule has 1 aliphatic rings. The normalized spacial score (nSPS) is 16.7. The topological polar surface area (TPSA) is 60.7 Å². The van der Waals surface area contributed by atoms with Crippen molar-refractivity contribution in [2.45, 2.75) is 19.9 Å². The molecule has 142 valence electrons. The number of allylic oxidation sites excluding steroid dienone is 1. The standard InChI is InChI=1S/C21H18N2O3S2/c1-12-9-10-27-15(12)11-16-19(24)23-18(14-7-5-4-6-8-14)17(20(25)26-3)13(2)22-21(23)28-16/h4-11,18H,1-3H3. The molecule has 0 amide bonds. The van der Waals surface area contributed by atoms with E-state index in [-0.39, 0.29) is 5.56 Å². The molecule has 3 aromatic rings. The second kappa shape index (κ2) is 7.33. The van der Waals surface area contributed by atoms with Crippen molar-refractivity contribution in [2.24, 2.45) is 4.99 Å². The van der Waals surface area contributed by atoms with E-state index < -0.39 is 12.0 Å². The number of carbonyl (C=O) groups is 1. The molecule has 1 atom stereocenters. The van der Waals surface area contributed by atoms with Crippen LogP contribution in [-0.4, -0.2) is 17.6 Å². The highest BCUT2D eigenvalue weighted by molar-refractivity contribution is 7.11. The number of aromatic nitrogens is 1. The van der Waals surface area contributed by atoms with Crippen molar-refractivity contribution in [3.63, 3.8) is 0 Å². The number of nitrogens with zero attached hydrogens (tertiary/aromatic N) is 2. The van der Waals surface area contributed by atoms with Crippen molar-refractivity contribution >= 4 is 34.7 Å². The minimum atomic E-state index is -0.559. The molecule has 2 aromatic heterocycles. The fourth-order valence-corrected chi connectivity index (χ4v) is 5.26. The lowest BCUT2D eigenvalue weighted by Gasteiger charge is -2.24. The van der Waals surface area contributed by atoms with Crippen LogP contribution in [0.5, 0.6) is 0 Å². The molecule has 1 unspecified atom stereocenters. The Hall–Kier alpha value is -2.77. The summed E-state index contributed by atoms with van der Waals surface area (Å²) in [6, 6.07) is 11.0. The molecule has 0 aliphatic carbocycles. The van der Waals surface area contributed by atoms with E-state index in [2.05, 4.69) is 4.99 Å². The average Bonchev–Trinajstić information content (AvgIpc) is 3.24. The fourth-order valence-electron chi connectivity index (χ4n) is 3.29. The second-order valence-electron chi connectivity index (χ2n) is 6.45. The summed E-state index contributed by atoms with van der Waals surface area (Å²) < 4.78 is 7.21. The van der Waals surface area contributed by atoms with Gasteiger partial charge < -0.3 is 4.74 Å². The summed E-state index contributed by atoms with van der Waals surface area (Å²) in [6.07, 6.45) is 1.91. The molecule has 0 saturated carbocycles. The first kappa shape index (κ1) is 18.6. The Bertz CT molecular complexity index is 1260. The molecule has 7 heteroatoms. The number of hydrogen-bond acceptors (Lipinski definition) is 6. The van der Waals surface area contributed by atoms with E-state index in [4.69, 9.17) is 4.74 Å². The monoisotopic (exact) mass is 410 g/mol. The Morgan fingerprint density at radius 2 is 1.96 bits per heavy atom. The number of rotatable bonds is 3. The molecule has 0 saturated heterocycles. The van der Waals surface area contributed by atoms with E-state index in [0.717, 1.165) is 16.0 Å². The third kappa shape index (κ3) is 3.06. The molecule has 0 bridgehead atoms. The molecule has 3 heterocycles. The zero-order valence-corrected chi connectivity index (χ0v) is 17.3. The van der Waals surface area contributed by atoms with Gasteiger partial charge in [-0.1, -0.05) is 41.7 Å². The first-order chi connectivity index (χ1) is 13.5. The van der Waals surface area contributed by atoms with Crippen LogP contribution in [0.4, 0.5) is 0 Å². The summed E-state index contributed by atoms with van der Waals surface area (Å²) in [5, 5.41) is 2.00. The number of thiophene rings is 1. The summed E-state index contributed by atoms with van der Waals surface area (Å²) in [5.74, 6) is -0.474. The van der Waals surface area contributed by atoms with E-state index in [9.17, 15) is 9.59 Å². The van der Waals surface area contributed by atoms with Crippen LogP contribution in [0.15, 0.2) is 62.8 Å². The third-order valence-corrected chi connectivity index (χ3v) is 6.66. The number of aryl methyl sites for hydroxylation is 1. The van der Waals surface area contributed by atoms with Gasteiger partial charge in [0.05, 0.1) is 29.0 Å². The fraction of sp³-hybridized carbons (Fsp3) is 0.190. The van der Waals surface area contributed by atoms with Crippen LogP contribution in [0.1, 0.15) is 29.0 Å². The van der Waals surface area contributed by atoms with Crippen LogP contribution in [0.3, 0.4) is 0 Å². The minimum Gasteiger partial charge on any atom is -0.466 e. The summed E-state index contributed by atoms with van der Waals surface area (Å²) in [5.41, 5.74) is 2.78. The number of hydrogen-bond donors (Lipinski definition) is 0. The van der Waals surface area contributed by atoms with E-state index in [1.54, 1.807) is 22.8 Å². The highest BCUT2D eigenvalue weighted by Crippen LogP contribution is 2.30. The Morgan fingerprint density at radius 3 is 2.61 bits per heavy atom. The van der Waals surface area contributed by atoms with Gasteiger partial charge in [-0.15, -0.1) is 11.3 Å². The lowest BCUT2D eigenvalue weighted by atomic mass is 9.96. The van der Waals surface area contributed by atoms with Gasteiger partial charge in [-0.05, 0) is 42.5 Å². The molecule has 0 spiro atoms. The van der Waals surface area contributed by atoms with E-state index in [0.29, 0.717) is 20.6 Å². The van der Waals surface area contributed by atoms with Crippen molar-refractivity contribution < 1.29 is 9.53 Å². The highest BCUT2D eigenvalue weighted by atomic mass is 32.1. The summed E-state index contributed by atoms with van der Waals surface area (Å²) >= 11 is 2.93. The van der Waals surface area contributed by atoms with Crippen LogP contribution in [0, 0.1) is 6.92 Å². The van der Waals surface area contributed by atoms with Gasteiger partial charge in [-0.3, -0.25) is 9.36 Å². The molecule has 0 radical (unpaired) electrons. The molecular formula is C21H18N2O3S2. The van der Waals surface area contributed by atoms with Crippen molar-refractivity contribution in [2.75, 3.05) is 7.11 Å². The SMILES string of the molecule is COC(=O)C1=C(C)N=c2sc(=Cc3sccc3C)c(=O)n2C1c1ccccc1. The van der Waals surface area contributed by atoms with Gasteiger partial charge >= 0.3 is 5.97 Å². The molecule has 1 aliphatic heterocycles. The van der Waals surface area contributed by atoms with E-state index >= 15 is 0 Å². The van der Waals surface area contributed by atoms with Gasteiger partial charge in [0.2, 0.25) is 0 Å². The molecule has 5 nitrogen and oxygen atoms in total. The molecular weight excluding hydrogens is 392 g/mol. The number of fused-ring (bicyclic) bond motifs is 1. The van der Waals surface area contributed by atoms with E-state index in [1.165, 1.54) is 18.4 Å². The highest BCUT2D eigenvalue weighted by Gasteiger charge is 2.32. The maximum absolute atomic E-state index is 13.3. The molecule has 28 heavy (non-hydrogen) atoms. The van der Waals surface area contributed by atoms with Crippen LogP contribution in [-0.2, 0) is 9.53 Å². The van der Waals surface area contributed by atoms with Crippen LogP contribution >= 0.6 is 22.7 Å². The Balaban J connectivity index is 2.00. The lowest BCUT2D eigenvalue weighted by molar-refractivity contribution is -0.136. The largest absolute Gasteiger partial charge is 0.466 e. The second-order valence-corrected chi connectivity index (χ2v) is 8.41. The van der Waals surface area contributed by atoms with Crippen LogP contribution in [0.2, 0.25) is 0 Å². The zero-order chi connectivity index (χ0) is 19.8. The van der Waals surface area contributed by atoms with Gasteiger partial charge in [0.25, 0.3) is 5.56 Å². The van der Waals surface area contributed by atoms with Gasteiger partial charge in [-0.25, -0.2) is 9.79 Å². The predicted octanol–water partition coefficient (Wildman–Crippen LogP) is 2.78. The lowest BCUT2D eigenvalue weighted by Crippen LogP contribution is -2.39. The number of esters is 1. The number of methoxy groups -OCH3 is 1. The van der Waals surface area contributed by atoms with Crippen molar-refractivity contribution in [1.29, 1.82) is 0 Å². The average molecular weight is 411 g/mol. The molecule has 4 rings (SSSR count). The maximum Gasteiger partial charge on any atom is 0.338 e. The predicted molar refractivity (Wildman–Crippen MR) is 111 cm³/mol. The summed E-state index contributed by atoms with van der Waals surface area (Å²) in [7, 11) is 1.34. The van der Waals surface area contributed by atoms with E-state index in [1.807, 2.05) is 54.8 Å². The third-order valence-electron chi connectivity index (χ3n) is 4.71. The zero-order valence-electron chi connectivity index (χ0n) is 15.6. The Labute approximate surface area is 169 Å². The van der Waals surface area contributed by atoms with Crippen molar-refractivity contribution in [3.8, 4) is 0 Å². The minimum absolute atomic E-state index is 0.153. The molecule has 0 N–H and O–H groups in total. The van der Waals surface area contributed by atoms with Gasteiger partial charge in [0.1, 0.15) is 0 Å². The summed E-state index contributed by atoms with van der Waals surface area (Å²) in [6.45, 7) is 3.80. The molecule has 0 fully saturated rings. The van der Waals surface area contributed by atoms with Crippen LogP contribution in [0.25, 0.3) is 6.08 Å². The maximum atomic E-state index is 13.3. The van der Waals surface area contributed by atoms with Gasteiger partial charge in [0.15, 0.2) is 4.80 Å². The smallest absolute Gasteiger partial charge is 0.338 e. The van der Waals surface area contributed by atoms with Crippen LogP contribution < -0.4 is 14.9 Å². The van der Waals surface area contributed by atoms with Gasteiger partial charge in [-0.2, -0.15) is 0 Å². The first-order valence-corrected chi connectivity index (χ1v) is 10.4.